The van der Waals surface area contributed by atoms with Gasteiger partial charge in [0.1, 0.15) is 5.75 Å². The summed E-state index contributed by atoms with van der Waals surface area (Å²) in [7, 11) is 3.75. The largest absolute Gasteiger partial charge is 0.496 e. The molecule has 162 valence electrons. The Hall–Kier alpha value is -2.64. The van der Waals surface area contributed by atoms with Gasteiger partial charge in [0.15, 0.2) is 0 Å². The number of aromatic nitrogens is 2. The van der Waals surface area contributed by atoms with Crippen LogP contribution in [-0.2, 0) is 7.05 Å². The molecule has 1 aromatic carbocycles. The van der Waals surface area contributed by atoms with Gasteiger partial charge in [-0.1, -0.05) is 18.2 Å². The van der Waals surface area contributed by atoms with Crippen molar-refractivity contribution in [1.82, 2.24) is 20.0 Å². The van der Waals surface area contributed by atoms with Crippen LogP contribution in [0.3, 0.4) is 0 Å². The van der Waals surface area contributed by atoms with Gasteiger partial charge in [0.05, 0.1) is 17.7 Å². The second kappa shape index (κ2) is 8.48. The van der Waals surface area contributed by atoms with E-state index < -0.39 is 0 Å². The highest BCUT2D eigenvalue weighted by Crippen LogP contribution is 2.42. The van der Waals surface area contributed by atoms with Crippen LogP contribution in [0.5, 0.6) is 5.75 Å². The Morgan fingerprint density at radius 3 is 2.90 bits per heavy atom. The van der Waals surface area contributed by atoms with Crippen molar-refractivity contribution in [2.75, 3.05) is 26.7 Å². The molecule has 1 amide bonds. The number of methoxy groups -OCH3 is 1. The van der Waals surface area contributed by atoms with E-state index in [1.165, 1.54) is 23.5 Å². The number of benzene rings is 1. The molecule has 2 bridgehead atoms. The summed E-state index contributed by atoms with van der Waals surface area (Å²) in [5, 5.41) is 9.90. The van der Waals surface area contributed by atoms with Gasteiger partial charge in [0, 0.05) is 43.4 Å². The molecule has 6 rings (SSSR count). The minimum Gasteiger partial charge on any atom is -0.496 e. The Bertz CT molecular complexity index is 1060. The van der Waals surface area contributed by atoms with E-state index in [1.807, 2.05) is 47.4 Å². The molecule has 4 atom stereocenters. The lowest BCUT2D eigenvalue weighted by Gasteiger charge is -2.49. The molecule has 0 radical (unpaired) electrons. The molecule has 2 aromatic heterocycles. The Kier molecular flexibility index (Phi) is 5.54. The molecule has 6 nitrogen and oxygen atoms in total. The molecule has 1 N–H and O–H groups in total. The highest BCUT2D eigenvalue weighted by Gasteiger charge is 2.42. The zero-order chi connectivity index (χ0) is 21.4. The molecular weight excluding hydrogens is 408 g/mol. The third-order valence-electron chi connectivity index (χ3n) is 6.80. The number of carbonyl (C=O) groups is 1. The molecule has 7 heteroatoms. The van der Waals surface area contributed by atoms with E-state index in [0.29, 0.717) is 17.9 Å². The number of carbonyl (C=O) groups excluding carboxylic acids is 1. The zero-order valence-electron chi connectivity index (χ0n) is 18.0. The van der Waals surface area contributed by atoms with Crippen molar-refractivity contribution in [2.24, 2.45) is 13.0 Å². The normalized spacial score (nSPS) is 24.8. The van der Waals surface area contributed by atoms with Crippen LogP contribution < -0.4 is 10.1 Å². The molecule has 0 aliphatic carbocycles. The van der Waals surface area contributed by atoms with Crippen LogP contribution >= 0.6 is 11.3 Å². The number of fused-ring (bicyclic) bond motifs is 3. The minimum atomic E-state index is 0.0438. The van der Waals surface area contributed by atoms with Gasteiger partial charge in [0.2, 0.25) is 0 Å². The first kappa shape index (κ1) is 20.3. The number of rotatable bonds is 6. The molecule has 3 fully saturated rings. The predicted octanol–water partition coefficient (Wildman–Crippen LogP) is 3.77. The number of amides is 1. The summed E-state index contributed by atoms with van der Waals surface area (Å²) in [5.74, 6) is 1.98. The first-order chi connectivity index (χ1) is 15.1. The molecule has 5 heterocycles. The Balaban J connectivity index is 1.29. The summed E-state index contributed by atoms with van der Waals surface area (Å²) in [6.45, 7) is 2.85. The van der Waals surface area contributed by atoms with Gasteiger partial charge < -0.3 is 10.1 Å². The van der Waals surface area contributed by atoms with Crippen molar-refractivity contribution in [3.05, 3.63) is 58.4 Å². The Labute approximate surface area is 186 Å². The van der Waals surface area contributed by atoms with Crippen LogP contribution in [0.15, 0.2) is 47.8 Å². The van der Waals surface area contributed by atoms with Crippen LogP contribution in [-0.4, -0.2) is 53.4 Å². The third kappa shape index (κ3) is 3.88. The number of hydrogen-bond acceptors (Lipinski definition) is 5. The van der Waals surface area contributed by atoms with Crippen molar-refractivity contribution in [2.45, 2.75) is 24.8 Å². The van der Waals surface area contributed by atoms with E-state index >= 15 is 0 Å². The number of aryl methyl sites for hydroxylation is 1. The molecule has 3 aliphatic rings. The highest BCUT2D eigenvalue weighted by molar-refractivity contribution is 7.12. The summed E-state index contributed by atoms with van der Waals surface area (Å²) in [4.78, 5) is 15.7. The van der Waals surface area contributed by atoms with Gasteiger partial charge in [-0.2, -0.15) is 5.10 Å². The lowest BCUT2D eigenvalue weighted by Crippen LogP contribution is -2.56. The number of nitrogens with zero attached hydrogens (tertiary/aromatic N) is 3. The van der Waals surface area contributed by atoms with Gasteiger partial charge in [-0.05, 0) is 54.9 Å². The number of para-hydroxylation sites is 1. The summed E-state index contributed by atoms with van der Waals surface area (Å²) in [6, 6.07) is 14.5. The third-order valence-corrected chi connectivity index (χ3v) is 7.67. The van der Waals surface area contributed by atoms with Crippen LogP contribution in [0.4, 0.5) is 0 Å². The summed E-state index contributed by atoms with van der Waals surface area (Å²) in [5.41, 5.74) is 3.28. The first-order valence-electron chi connectivity index (χ1n) is 10.9. The zero-order valence-corrected chi connectivity index (χ0v) is 18.8. The number of thiophene rings is 1. The summed E-state index contributed by atoms with van der Waals surface area (Å²) < 4.78 is 7.58. The van der Waals surface area contributed by atoms with Crippen molar-refractivity contribution >= 4 is 17.2 Å². The van der Waals surface area contributed by atoms with E-state index in [9.17, 15) is 4.79 Å². The van der Waals surface area contributed by atoms with Crippen LogP contribution in [0, 0.1) is 5.92 Å². The molecule has 0 saturated carbocycles. The standard InChI is InChI=1S/C24H28N4O2S/c1-27-21(13-20(26-27)18-6-3-4-7-22(18)30-2)19-15-28-10-9-16(19)12-17(28)14-25-24(29)23-8-5-11-31-23/h3-8,11,13,16-17,19H,9-10,12,14-15H2,1-2H3,(H,25,29)/t16-,17+,19+/m0/s1. The summed E-state index contributed by atoms with van der Waals surface area (Å²) >= 11 is 1.49. The molecule has 0 spiro atoms. The van der Waals surface area contributed by atoms with Crippen LogP contribution in [0.2, 0.25) is 0 Å². The maximum absolute atomic E-state index is 12.3. The fourth-order valence-electron chi connectivity index (χ4n) is 5.21. The van der Waals surface area contributed by atoms with Crippen molar-refractivity contribution in [3.63, 3.8) is 0 Å². The minimum absolute atomic E-state index is 0.0438. The Morgan fingerprint density at radius 1 is 1.29 bits per heavy atom. The van der Waals surface area contributed by atoms with Gasteiger partial charge in [-0.3, -0.25) is 14.4 Å². The molecule has 3 aromatic rings. The fraction of sp³-hybridized carbons (Fsp3) is 0.417. The van der Waals surface area contributed by atoms with Gasteiger partial charge in [-0.25, -0.2) is 0 Å². The number of hydrogen-bond donors (Lipinski definition) is 1. The average molecular weight is 437 g/mol. The fourth-order valence-corrected chi connectivity index (χ4v) is 5.85. The Morgan fingerprint density at radius 2 is 2.16 bits per heavy atom. The van der Waals surface area contributed by atoms with Gasteiger partial charge in [0.25, 0.3) is 5.91 Å². The van der Waals surface area contributed by atoms with Crippen LogP contribution in [0.25, 0.3) is 11.3 Å². The van der Waals surface area contributed by atoms with E-state index in [1.54, 1.807) is 7.11 Å². The van der Waals surface area contributed by atoms with Gasteiger partial charge >= 0.3 is 0 Å². The SMILES string of the molecule is COc1ccccc1-c1cc([C@@H]2CN3CC[C@H]2C[C@@H]3CNC(=O)c2cccs2)n(C)n1. The maximum atomic E-state index is 12.3. The first-order valence-corrected chi connectivity index (χ1v) is 11.7. The van der Waals surface area contributed by atoms with E-state index in [0.717, 1.165) is 47.9 Å². The predicted molar refractivity (Wildman–Crippen MR) is 123 cm³/mol. The molecular formula is C24H28N4O2S. The molecule has 3 aliphatic heterocycles. The monoisotopic (exact) mass is 436 g/mol. The molecule has 1 unspecified atom stereocenters. The topological polar surface area (TPSA) is 59.4 Å². The summed E-state index contributed by atoms with van der Waals surface area (Å²) in [6.07, 6.45) is 2.32. The number of nitrogens with one attached hydrogen (secondary N) is 1. The number of piperidine rings is 3. The lowest BCUT2D eigenvalue weighted by atomic mass is 9.74. The van der Waals surface area contributed by atoms with E-state index in [4.69, 9.17) is 9.84 Å². The second-order valence-corrected chi connectivity index (χ2v) is 9.45. The van der Waals surface area contributed by atoms with E-state index in [-0.39, 0.29) is 5.91 Å². The molecule has 3 saturated heterocycles. The van der Waals surface area contributed by atoms with Gasteiger partial charge in [-0.15, -0.1) is 11.3 Å². The van der Waals surface area contributed by atoms with Crippen LogP contribution in [0.1, 0.15) is 34.1 Å². The van der Waals surface area contributed by atoms with Crippen molar-refractivity contribution < 1.29 is 9.53 Å². The lowest BCUT2D eigenvalue weighted by molar-refractivity contribution is 0.0280. The second-order valence-electron chi connectivity index (χ2n) is 8.51. The highest BCUT2D eigenvalue weighted by atomic mass is 32.1. The van der Waals surface area contributed by atoms with Crippen molar-refractivity contribution in [1.29, 1.82) is 0 Å². The number of ether oxygens (including phenoxy) is 1. The van der Waals surface area contributed by atoms with Crippen molar-refractivity contribution in [3.8, 4) is 17.0 Å². The maximum Gasteiger partial charge on any atom is 0.261 e. The van der Waals surface area contributed by atoms with E-state index in [2.05, 4.69) is 22.3 Å². The molecule has 31 heavy (non-hydrogen) atoms. The smallest absolute Gasteiger partial charge is 0.261 e. The average Bonchev–Trinajstić information content (AvgIpc) is 3.48. The quantitative estimate of drug-likeness (QED) is 0.639.